The van der Waals surface area contributed by atoms with Gasteiger partial charge in [-0.3, -0.25) is 0 Å². The molecule has 0 radical (unpaired) electrons. The van der Waals surface area contributed by atoms with Crippen molar-refractivity contribution in [3.8, 4) is 44.5 Å². The number of nitrogens with zero attached hydrogens (tertiary/aromatic N) is 1. The number of rotatable bonds is 7. The third kappa shape index (κ3) is 6.12. The second-order valence-corrected chi connectivity index (χ2v) is 14.1. The minimum absolute atomic E-state index is 1.10. The third-order valence-corrected chi connectivity index (χ3v) is 10.9. The molecular weight excluding hydrogens is 663 g/mol. The fourth-order valence-electron chi connectivity index (χ4n) is 8.09. The molecule has 0 fully saturated rings. The molecule has 0 aliphatic heterocycles. The Kier molecular flexibility index (Phi) is 8.24. The van der Waals surface area contributed by atoms with E-state index in [0.717, 1.165) is 17.1 Å². The predicted octanol–water partition coefficient (Wildman–Crippen LogP) is 15.3. The monoisotopic (exact) mass is 699 g/mol. The van der Waals surface area contributed by atoms with Gasteiger partial charge in [0, 0.05) is 17.1 Å². The Morgan fingerprint density at radius 3 is 1.24 bits per heavy atom. The largest absolute Gasteiger partial charge is 0.311 e. The van der Waals surface area contributed by atoms with E-state index in [0.29, 0.717) is 0 Å². The zero-order valence-electron chi connectivity index (χ0n) is 30.3. The van der Waals surface area contributed by atoms with Gasteiger partial charge in [-0.2, -0.15) is 0 Å². The molecule has 258 valence electrons. The first kappa shape index (κ1) is 32.4. The van der Waals surface area contributed by atoms with E-state index in [-0.39, 0.29) is 0 Å². The van der Waals surface area contributed by atoms with Gasteiger partial charge >= 0.3 is 0 Å². The van der Waals surface area contributed by atoms with Crippen molar-refractivity contribution in [3.05, 3.63) is 224 Å². The summed E-state index contributed by atoms with van der Waals surface area (Å²) < 4.78 is 0. The number of hydrogen-bond donors (Lipinski definition) is 0. The maximum absolute atomic E-state index is 2.35. The fourth-order valence-corrected chi connectivity index (χ4v) is 8.09. The average molecular weight is 700 g/mol. The van der Waals surface area contributed by atoms with Crippen molar-refractivity contribution in [1.29, 1.82) is 0 Å². The lowest BCUT2D eigenvalue weighted by Crippen LogP contribution is -2.09. The zero-order chi connectivity index (χ0) is 36.6. The molecule has 0 aliphatic rings. The molecule has 1 nitrogen and oxygen atoms in total. The van der Waals surface area contributed by atoms with Gasteiger partial charge in [0.05, 0.1) is 0 Å². The smallest absolute Gasteiger partial charge is 0.0462 e. The third-order valence-electron chi connectivity index (χ3n) is 10.9. The van der Waals surface area contributed by atoms with Crippen LogP contribution in [0.3, 0.4) is 0 Å². The molecular formula is C54H37N. The number of anilines is 3. The van der Waals surface area contributed by atoms with Crippen LogP contribution < -0.4 is 4.90 Å². The molecule has 55 heavy (non-hydrogen) atoms. The van der Waals surface area contributed by atoms with Gasteiger partial charge in [0.1, 0.15) is 0 Å². The van der Waals surface area contributed by atoms with E-state index in [2.05, 4.69) is 229 Å². The van der Waals surface area contributed by atoms with Gasteiger partial charge in [-0.1, -0.05) is 182 Å². The molecule has 0 unspecified atom stereocenters. The summed E-state index contributed by atoms with van der Waals surface area (Å²) in [6, 6.07) is 81.3. The van der Waals surface area contributed by atoms with E-state index in [4.69, 9.17) is 0 Å². The summed E-state index contributed by atoms with van der Waals surface area (Å²) in [4.78, 5) is 2.35. The van der Waals surface area contributed by atoms with Crippen LogP contribution in [0.1, 0.15) is 0 Å². The van der Waals surface area contributed by atoms with Crippen molar-refractivity contribution in [3.63, 3.8) is 0 Å². The Morgan fingerprint density at radius 2 is 0.618 bits per heavy atom. The number of benzene rings is 10. The molecule has 10 aromatic rings. The molecule has 0 saturated carbocycles. The molecule has 1 heteroatoms. The van der Waals surface area contributed by atoms with Crippen molar-refractivity contribution in [2.75, 3.05) is 4.90 Å². The first-order chi connectivity index (χ1) is 27.3. The molecule has 0 heterocycles. The molecule has 0 N–H and O–H groups in total. The highest BCUT2D eigenvalue weighted by molar-refractivity contribution is 6.13. The fraction of sp³-hybridized carbons (Fsp3) is 0. The Morgan fingerprint density at radius 1 is 0.218 bits per heavy atom. The van der Waals surface area contributed by atoms with Crippen LogP contribution in [0, 0.1) is 0 Å². The zero-order valence-corrected chi connectivity index (χ0v) is 30.3. The van der Waals surface area contributed by atoms with Gasteiger partial charge < -0.3 is 4.90 Å². The second-order valence-electron chi connectivity index (χ2n) is 14.1. The van der Waals surface area contributed by atoms with Crippen LogP contribution in [0.5, 0.6) is 0 Å². The van der Waals surface area contributed by atoms with E-state index in [1.54, 1.807) is 0 Å². The Hall–Kier alpha value is -7.22. The summed E-state index contributed by atoms with van der Waals surface area (Å²) in [6.45, 7) is 0. The molecule has 10 aromatic carbocycles. The highest BCUT2D eigenvalue weighted by atomic mass is 15.1. The van der Waals surface area contributed by atoms with E-state index in [9.17, 15) is 0 Å². The van der Waals surface area contributed by atoms with Gasteiger partial charge in [-0.25, -0.2) is 0 Å². The van der Waals surface area contributed by atoms with Crippen molar-refractivity contribution < 1.29 is 0 Å². The van der Waals surface area contributed by atoms with Crippen LogP contribution in [0.4, 0.5) is 17.1 Å². The first-order valence-corrected chi connectivity index (χ1v) is 18.9. The summed E-state index contributed by atoms with van der Waals surface area (Å²) in [6.07, 6.45) is 0. The summed E-state index contributed by atoms with van der Waals surface area (Å²) >= 11 is 0. The molecule has 0 atom stereocenters. The van der Waals surface area contributed by atoms with Gasteiger partial charge in [0.2, 0.25) is 0 Å². The Balaban J connectivity index is 1.01. The van der Waals surface area contributed by atoms with Crippen LogP contribution in [-0.4, -0.2) is 0 Å². The van der Waals surface area contributed by atoms with Crippen molar-refractivity contribution in [2.24, 2.45) is 0 Å². The minimum Gasteiger partial charge on any atom is -0.311 e. The predicted molar refractivity (Wildman–Crippen MR) is 235 cm³/mol. The first-order valence-electron chi connectivity index (χ1n) is 18.9. The SMILES string of the molecule is c1ccc(-c2ccc(N(c3ccc(-c4ccc(-c5cccc6ccccc56)cc4)cc3)c3ccc(-c4cc5ccccc5c5ccccc45)cc3)cc2)cc1. The van der Waals surface area contributed by atoms with Crippen LogP contribution in [0.15, 0.2) is 224 Å². The van der Waals surface area contributed by atoms with Crippen molar-refractivity contribution in [1.82, 2.24) is 0 Å². The molecule has 0 aromatic heterocycles. The molecule has 10 rings (SSSR count). The number of hydrogen-bond acceptors (Lipinski definition) is 1. The minimum atomic E-state index is 1.10. The van der Waals surface area contributed by atoms with Gasteiger partial charge in [0.25, 0.3) is 0 Å². The van der Waals surface area contributed by atoms with E-state index in [1.165, 1.54) is 76.8 Å². The molecule has 0 spiro atoms. The highest BCUT2D eigenvalue weighted by Gasteiger charge is 2.15. The lowest BCUT2D eigenvalue weighted by Gasteiger charge is -2.26. The van der Waals surface area contributed by atoms with Gasteiger partial charge in [-0.15, -0.1) is 0 Å². The standard InChI is InChI=1S/C54H37N/c1-2-11-38(12-3-1)40-25-31-46(32-26-40)55(48-35-29-44(30-36-48)54-37-45-14-5-7-17-51(45)52-18-8-9-19-53(52)54)47-33-27-41(28-34-47)39-21-23-43(24-22-39)50-20-10-15-42-13-4-6-16-49(42)50/h1-37H. The molecule has 0 aliphatic carbocycles. The van der Waals surface area contributed by atoms with E-state index in [1.807, 2.05) is 0 Å². The Labute approximate surface area is 322 Å². The maximum Gasteiger partial charge on any atom is 0.0462 e. The van der Waals surface area contributed by atoms with Crippen molar-refractivity contribution >= 4 is 49.4 Å². The molecule has 0 saturated heterocycles. The average Bonchev–Trinajstić information content (AvgIpc) is 3.27. The van der Waals surface area contributed by atoms with Crippen LogP contribution in [0.2, 0.25) is 0 Å². The molecule has 0 bridgehead atoms. The summed E-state index contributed by atoms with van der Waals surface area (Å²) in [5, 5.41) is 7.62. The topological polar surface area (TPSA) is 3.24 Å². The summed E-state index contributed by atoms with van der Waals surface area (Å²) in [5.41, 5.74) is 13.0. The summed E-state index contributed by atoms with van der Waals surface area (Å²) in [7, 11) is 0. The lowest BCUT2D eigenvalue weighted by molar-refractivity contribution is 1.28. The van der Waals surface area contributed by atoms with E-state index < -0.39 is 0 Å². The van der Waals surface area contributed by atoms with Crippen LogP contribution in [-0.2, 0) is 0 Å². The number of fused-ring (bicyclic) bond motifs is 4. The highest BCUT2D eigenvalue weighted by Crippen LogP contribution is 2.40. The van der Waals surface area contributed by atoms with Crippen LogP contribution >= 0.6 is 0 Å². The Bertz CT molecular complexity index is 2920. The van der Waals surface area contributed by atoms with Gasteiger partial charge in [0.15, 0.2) is 0 Å². The normalized spacial score (nSPS) is 11.3. The van der Waals surface area contributed by atoms with Crippen LogP contribution in [0.25, 0.3) is 76.8 Å². The van der Waals surface area contributed by atoms with E-state index >= 15 is 0 Å². The quantitative estimate of drug-likeness (QED) is 0.150. The molecule has 0 amide bonds. The van der Waals surface area contributed by atoms with Gasteiger partial charge in [-0.05, 0) is 119 Å². The maximum atomic E-state index is 2.35. The second kappa shape index (κ2) is 14.0. The lowest BCUT2D eigenvalue weighted by atomic mass is 9.93. The van der Waals surface area contributed by atoms with Crippen molar-refractivity contribution in [2.45, 2.75) is 0 Å². The summed E-state index contributed by atoms with van der Waals surface area (Å²) in [5.74, 6) is 0.